The van der Waals surface area contributed by atoms with Gasteiger partial charge in [-0.15, -0.1) is 0 Å². The molecular weight excluding hydrogens is 290 g/mol. The molecule has 6 heteroatoms. The Kier molecular flexibility index (Phi) is 4.96. The highest BCUT2D eigenvalue weighted by atomic mass is 35.5. The van der Waals surface area contributed by atoms with E-state index in [2.05, 4.69) is 15.3 Å². The number of halogens is 1. The smallest absolute Gasteiger partial charge is 0.251 e. The van der Waals surface area contributed by atoms with E-state index < -0.39 is 0 Å². The molecular formula is C15H18ClN3O2. The summed E-state index contributed by atoms with van der Waals surface area (Å²) in [5, 5.41) is 3.08. The van der Waals surface area contributed by atoms with E-state index in [1.165, 1.54) is 0 Å². The van der Waals surface area contributed by atoms with E-state index in [1.54, 1.807) is 18.3 Å². The van der Waals surface area contributed by atoms with Crippen LogP contribution in [0.1, 0.15) is 54.4 Å². The third kappa shape index (κ3) is 4.04. The number of amides is 1. The number of nitrogens with one attached hydrogen (secondary N) is 1. The monoisotopic (exact) mass is 307 g/mol. The van der Waals surface area contributed by atoms with Crippen LogP contribution in [0.4, 0.5) is 0 Å². The molecule has 0 saturated heterocycles. The Balaban J connectivity index is 2.06. The number of rotatable bonds is 5. The van der Waals surface area contributed by atoms with Gasteiger partial charge in [0.15, 0.2) is 0 Å². The first kappa shape index (κ1) is 15.5. The zero-order valence-corrected chi connectivity index (χ0v) is 13.1. The number of hydrogen-bond donors (Lipinski definition) is 1. The van der Waals surface area contributed by atoms with E-state index in [0.717, 1.165) is 17.9 Å². The molecule has 0 radical (unpaired) electrons. The fourth-order valence-electron chi connectivity index (χ4n) is 1.80. The van der Waals surface area contributed by atoms with E-state index in [0.29, 0.717) is 16.6 Å². The van der Waals surface area contributed by atoms with Crippen molar-refractivity contribution in [2.24, 2.45) is 0 Å². The molecule has 0 fully saturated rings. The average molecular weight is 308 g/mol. The summed E-state index contributed by atoms with van der Waals surface area (Å²) in [5.74, 6) is 1.27. The molecule has 0 spiro atoms. The van der Waals surface area contributed by atoms with Gasteiger partial charge >= 0.3 is 0 Å². The van der Waals surface area contributed by atoms with Crippen molar-refractivity contribution < 1.29 is 9.21 Å². The van der Waals surface area contributed by atoms with Crippen LogP contribution in [0.5, 0.6) is 0 Å². The Morgan fingerprint density at radius 3 is 2.81 bits per heavy atom. The molecule has 112 valence electrons. The molecule has 0 atom stereocenters. The van der Waals surface area contributed by atoms with Gasteiger partial charge in [0.25, 0.3) is 5.91 Å². The topological polar surface area (TPSA) is 68.0 Å². The Hall–Kier alpha value is -1.88. The maximum absolute atomic E-state index is 12.2. The minimum atomic E-state index is -0.225. The molecule has 2 heterocycles. The van der Waals surface area contributed by atoms with Crippen molar-refractivity contribution >= 4 is 17.5 Å². The highest BCUT2D eigenvalue weighted by Crippen LogP contribution is 2.17. The van der Waals surface area contributed by atoms with Gasteiger partial charge < -0.3 is 9.73 Å². The lowest BCUT2D eigenvalue weighted by atomic mass is 10.1. The minimum Gasteiger partial charge on any atom is -0.444 e. The number of oxazole rings is 1. The van der Waals surface area contributed by atoms with E-state index in [1.807, 2.05) is 20.8 Å². The van der Waals surface area contributed by atoms with Gasteiger partial charge in [-0.1, -0.05) is 32.4 Å². The molecule has 0 aliphatic heterocycles. The first-order valence-corrected chi connectivity index (χ1v) is 7.26. The van der Waals surface area contributed by atoms with Crippen LogP contribution in [0.2, 0.25) is 5.15 Å². The highest BCUT2D eigenvalue weighted by Gasteiger charge is 2.12. The average Bonchev–Trinajstić information content (AvgIpc) is 2.92. The molecule has 2 rings (SSSR count). The first-order valence-electron chi connectivity index (χ1n) is 6.88. The lowest BCUT2D eigenvalue weighted by Crippen LogP contribution is -2.23. The molecule has 0 aliphatic carbocycles. The standard InChI is InChI=1S/C15H18ClN3O2/c1-4-11-7-17-14(21-11)8-18-15(20)10-5-12(9(2)3)19-13(16)6-10/h5-7,9H,4,8H2,1-3H3,(H,18,20). The van der Waals surface area contributed by atoms with Gasteiger partial charge in [0, 0.05) is 17.7 Å². The SMILES string of the molecule is CCc1cnc(CNC(=O)c2cc(Cl)nc(C(C)C)c2)o1. The van der Waals surface area contributed by atoms with Crippen LogP contribution in [0.3, 0.4) is 0 Å². The van der Waals surface area contributed by atoms with E-state index in [-0.39, 0.29) is 18.4 Å². The Morgan fingerprint density at radius 2 is 2.19 bits per heavy atom. The molecule has 0 aromatic carbocycles. The zero-order chi connectivity index (χ0) is 15.4. The number of carbonyl (C=O) groups is 1. The second-order valence-electron chi connectivity index (χ2n) is 5.01. The molecule has 1 N–H and O–H groups in total. The van der Waals surface area contributed by atoms with Gasteiger partial charge in [-0.25, -0.2) is 9.97 Å². The van der Waals surface area contributed by atoms with Crippen molar-refractivity contribution in [2.45, 2.75) is 39.7 Å². The highest BCUT2D eigenvalue weighted by molar-refractivity contribution is 6.29. The lowest BCUT2D eigenvalue weighted by Gasteiger charge is -2.08. The maximum Gasteiger partial charge on any atom is 0.251 e. The number of aromatic nitrogens is 2. The van der Waals surface area contributed by atoms with Crippen LogP contribution < -0.4 is 5.32 Å². The number of aryl methyl sites for hydroxylation is 1. The summed E-state index contributed by atoms with van der Waals surface area (Å²) in [6.07, 6.45) is 2.44. The summed E-state index contributed by atoms with van der Waals surface area (Å²) >= 11 is 5.96. The summed E-state index contributed by atoms with van der Waals surface area (Å²) in [5.41, 5.74) is 1.28. The van der Waals surface area contributed by atoms with E-state index in [9.17, 15) is 4.79 Å². The Labute approximate surface area is 128 Å². The lowest BCUT2D eigenvalue weighted by molar-refractivity contribution is 0.0947. The van der Waals surface area contributed by atoms with Crippen LogP contribution >= 0.6 is 11.6 Å². The molecule has 0 saturated carbocycles. The molecule has 5 nitrogen and oxygen atoms in total. The summed E-state index contributed by atoms with van der Waals surface area (Å²) in [6.45, 7) is 6.23. The van der Waals surface area contributed by atoms with Crippen molar-refractivity contribution in [1.82, 2.24) is 15.3 Å². The van der Waals surface area contributed by atoms with Gasteiger partial charge in [-0.3, -0.25) is 4.79 Å². The Morgan fingerprint density at radius 1 is 1.43 bits per heavy atom. The fraction of sp³-hybridized carbons (Fsp3) is 0.400. The third-order valence-corrected chi connectivity index (χ3v) is 3.21. The fourth-order valence-corrected chi connectivity index (χ4v) is 2.01. The van der Waals surface area contributed by atoms with Crippen molar-refractivity contribution in [2.75, 3.05) is 0 Å². The molecule has 2 aromatic heterocycles. The van der Waals surface area contributed by atoms with Crippen LogP contribution in [0, 0.1) is 0 Å². The normalized spacial score (nSPS) is 10.9. The number of hydrogen-bond acceptors (Lipinski definition) is 4. The predicted octanol–water partition coefficient (Wildman–Crippen LogP) is 3.34. The molecule has 0 aliphatic rings. The number of nitrogens with zero attached hydrogens (tertiary/aromatic N) is 2. The van der Waals surface area contributed by atoms with Gasteiger partial charge in [-0.05, 0) is 18.1 Å². The molecule has 1 amide bonds. The van der Waals surface area contributed by atoms with Gasteiger partial charge in [0.1, 0.15) is 10.9 Å². The summed E-state index contributed by atoms with van der Waals surface area (Å²) in [7, 11) is 0. The number of carbonyl (C=O) groups excluding carboxylic acids is 1. The second-order valence-corrected chi connectivity index (χ2v) is 5.40. The summed E-state index contributed by atoms with van der Waals surface area (Å²) < 4.78 is 5.44. The Bertz CT molecular complexity index is 638. The van der Waals surface area contributed by atoms with Crippen LogP contribution in [-0.2, 0) is 13.0 Å². The van der Waals surface area contributed by atoms with Gasteiger partial charge in [-0.2, -0.15) is 0 Å². The zero-order valence-electron chi connectivity index (χ0n) is 12.3. The van der Waals surface area contributed by atoms with Crippen LogP contribution in [0.15, 0.2) is 22.7 Å². The van der Waals surface area contributed by atoms with Gasteiger partial charge in [0.05, 0.1) is 12.7 Å². The van der Waals surface area contributed by atoms with Crippen LogP contribution in [-0.4, -0.2) is 15.9 Å². The summed E-state index contributed by atoms with van der Waals surface area (Å²) in [4.78, 5) is 20.5. The third-order valence-electron chi connectivity index (χ3n) is 3.02. The van der Waals surface area contributed by atoms with Crippen molar-refractivity contribution in [3.8, 4) is 0 Å². The minimum absolute atomic E-state index is 0.203. The number of pyridine rings is 1. The van der Waals surface area contributed by atoms with E-state index >= 15 is 0 Å². The van der Waals surface area contributed by atoms with Crippen LogP contribution in [0.25, 0.3) is 0 Å². The van der Waals surface area contributed by atoms with Crippen molar-refractivity contribution in [3.05, 3.63) is 46.4 Å². The largest absolute Gasteiger partial charge is 0.444 e. The molecule has 0 bridgehead atoms. The second kappa shape index (κ2) is 6.72. The summed E-state index contributed by atoms with van der Waals surface area (Å²) in [6, 6.07) is 3.30. The van der Waals surface area contributed by atoms with Gasteiger partial charge in [0.2, 0.25) is 5.89 Å². The quantitative estimate of drug-likeness (QED) is 0.860. The predicted molar refractivity (Wildman–Crippen MR) is 80.4 cm³/mol. The van der Waals surface area contributed by atoms with E-state index in [4.69, 9.17) is 16.0 Å². The maximum atomic E-state index is 12.2. The first-order chi connectivity index (χ1) is 9.99. The molecule has 0 unspecified atom stereocenters. The van der Waals surface area contributed by atoms with Crippen molar-refractivity contribution in [1.29, 1.82) is 0 Å². The molecule has 21 heavy (non-hydrogen) atoms. The molecule has 2 aromatic rings. The van der Waals surface area contributed by atoms with Crippen molar-refractivity contribution in [3.63, 3.8) is 0 Å².